The van der Waals surface area contributed by atoms with Crippen molar-refractivity contribution < 1.29 is 14.3 Å². The summed E-state index contributed by atoms with van der Waals surface area (Å²) < 4.78 is 7.51. The van der Waals surface area contributed by atoms with Crippen LogP contribution in [0.4, 0.5) is 0 Å². The molecule has 1 aromatic heterocycles. The van der Waals surface area contributed by atoms with Gasteiger partial charge in [-0.2, -0.15) is 5.10 Å². The van der Waals surface area contributed by atoms with Crippen LogP contribution in [-0.2, 0) is 11.3 Å². The molecule has 4 aromatic rings. The predicted octanol–water partition coefficient (Wildman–Crippen LogP) is 4.28. The van der Waals surface area contributed by atoms with Crippen molar-refractivity contribution in [3.63, 3.8) is 0 Å². The summed E-state index contributed by atoms with van der Waals surface area (Å²) in [5.41, 5.74) is 4.05. The van der Waals surface area contributed by atoms with Crippen molar-refractivity contribution in [3.05, 3.63) is 102 Å². The minimum absolute atomic E-state index is 0.136. The molecule has 7 heteroatoms. The van der Waals surface area contributed by atoms with Crippen LogP contribution in [0.1, 0.15) is 15.9 Å². The third kappa shape index (κ3) is 5.58. The number of para-hydroxylation sites is 2. The van der Waals surface area contributed by atoms with E-state index in [0.717, 1.165) is 22.5 Å². The Morgan fingerprint density at radius 3 is 2.17 bits per heavy atom. The third-order valence-corrected chi connectivity index (χ3v) is 5.58. The predicted molar refractivity (Wildman–Crippen MR) is 135 cm³/mol. The van der Waals surface area contributed by atoms with Crippen molar-refractivity contribution in [2.75, 3.05) is 27.7 Å². The fourth-order valence-corrected chi connectivity index (χ4v) is 3.65. The summed E-state index contributed by atoms with van der Waals surface area (Å²) in [5.74, 6) is -0.00590. The molecule has 1 heterocycles. The SMILES string of the molecule is CN(C)C(=O)COc1ccccc1C(=O)N(C)Cc1cn(-c2ccccc2)nc1-c1ccccc1. The van der Waals surface area contributed by atoms with Gasteiger partial charge in [-0.3, -0.25) is 9.59 Å². The molecule has 0 saturated heterocycles. The van der Waals surface area contributed by atoms with Crippen molar-refractivity contribution in [2.45, 2.75) is 6.54 Å². The van der Waals surface area contributed by atoms with Crippen molar-refractivity contribution in [3.8, 4) is 22.7 Å². The Hall–Kier alpha value is -4.39. The highest BCUT2D eigenvalue weighted by molar-refractivity contribution is 5.97. The van der Waals surface area contributed by atoms with Gasteiger partial charge in [-0.05, 0) is 24.3 Å². The lowest BCUT2D eigenvalue weighted by Gasteiger charge is -2.19. The number of carbonyl (C=O) groups excluding carboxylic acids is 2. The molecule has 0 N–H and O–H groups in total. The average molecular weight is 469 g/mol. The Kier molecular flexibility index (Phi) is 7.26. The maximum Gasteiger partial charge on any atom is 0.259 e. The number of nitrogens with zero attached hydrogens (tertiary/aromatic N) is 4. The standard InChI is InChI=1S/C28H28N4O3/c1-30(2)26(33)20-35-25-17-11-10-16-24(25)28(34)31(3)18-22-19-32(23-14-8-5-9-15-23)29-27(22)21-12-6-4-7-13-21/h4-17,19H,18,20H2,1-3H3. The van der Waals surface area contributed by atoms with Crippen molar-refractivity contribution in [1.82, 2.24) is 19.6 Å². The number of hydrogen-bond acceptors (Lipinski definition) is 4. The van der Waals surface area contributed by atoms with Crippen LogP contribution in [0.2, 0.25) is 0 Å². The van der Waals surface area contributed by atoms with Crippen LogP contribution < -0.4 is 4.74 Å². The zero-order valence-electron chi connectivity index (χ0n) is 20.1. The molecule has 7 nitrogen and oxygen atoms in total. The number of likely N-dealkylation sites (N-methyl/N-ethyl adjacent to an activating group) is 1. The molecule has 3 aromatic carbocycles. The van der Waals surface area contributed by atoms with Gasteiger partial charge in [0, 0.05) is 45.0 Å². The minimum atomic E-state index is -0.204. The number of ether oxygens (including phenoxy) is 1. The molecule has 0 saturated carbocycles. The summed E-state index contributed by atoms with van der Waals surface area (Å²) in [4.78, 5) is 28.4. The monoisotopic (exact) mass is 468 g/mol. The van der Waals surface area contributed by atoms with Gasteiger partial charge in [0.25, 0.3) is 11.8 Å². The average Bonchev–Trinajstić information content (AvgIpc) is 3.31. The van der Waals surface area contributed by atoms with Gasteiger partial charge in [-0.15, -0.1) is 0 Å². The van der Waals surface area contributed by atoms with Gasteiger partial charge in [0.1, 0.15) is 5.75 Å². The lowest BCUT2D eigenvalue weighted by Crippen LogP contribution is -2.29. The van der Waals surface area contributed by atoms with Crippen LogP contribution in [0.15, 0.2) is 91.1 Å². The Bertz CT molecular complexity index is 1300. The fraction of sp³-hybridized carbons (Fsp3) is 0.179. The highest BCUT2D eigenvalue weighted by Gasteiger charge is 2.21. The molecule has 0 aliphatic carbocycles. The molecule has 0 unspecified atom stereocenters. The van der Waals surface area contributed by atoms with Gasteiger partial charge in [-0.1, -0.05) is 60.7 Å². The molecule has 0 radical (unpaired) electrons. The van der Waals surface area contributed by atoms with Crippen molar-refractivity contribution in [1.29, 1.82) is 0 Å². The lowest BCUT2D eigenvalue weighted by molar-refractivity contribution is -0.130. The second-order valence-corrected chi connectivity index (χ2v) is 8.38. The van der Waals surface area contributed by atoms with Gasteiger partial charge in [0.05, 0.1) is 16.9 Å². The summed E-state index contributed by atoms with van der Waals surface area (Å²) >= 11 is 0. The van der Waals surface area contributed by atoms with Gasteiger partial charge in [0.15, 0.2) is 6.61 Å². The van der Waals surface area contributed by atoms with E-state index in [4.69, 9.17) is 9.84 Å². The Morgan fingerprint density at radius 2 is 1.49 bits per heavy atom. The minimum Gasteiger partial charge on any atom is -0.483 e. The van der Waals surface area contributed by atoms with E-state index in [2.05, 4.69) is 0 Å². The van der Waals surface area contributed by atoms with Gasteiger partial charge in [-0.25, -0.2) is 4.68 Å². The number of hydrogen-bond donors (Lipinski definition) is 0. The molecular formula is C28H28N4O3. The molecular weight excluding hydrogens is 440 g/mol. The number of benzene rings is 3. The number of rotatable bonds is 8. The summed E-state index contributed by atoms with van der Waals surface area (Å²) in [5, 5.41) is 4.83. The first-order valence-electron chi connectivity index (χ1n) is 11.3. The van der Waals surface area contributed by atoms with Crippen LogP contribution in [0.3, 0.4) is 0 Å². The third-order valence-electron chi connectivity index (χ3n) is 5.58. The molecule has 0 bridgehead atoms. The van der Waals surface area contributed by atoms with E-state index in [1.54, 1.807) is 50.3 Å². The molecule has 0 spiro atoms. The van der Waals surface area contributed by atoms with E-state index in [0.29, 0.717) is 17.9 Å². The summed E-state index contributed by atoms with van der Waals surface area (Å²) in [6, 6.07) is 26.8. The zero-order chi connectivity index (χ0) is 24.8. The molecule has 35 heavy (non-hydrogen) atoms. The van der Waals surface area contributed by atoms with Gasteiger partial charge in [0.2, 0.25) is 0 Å². The Morgan fingerprint density at radius 1 is 0.857 bits per heavy atom. The topological polar surface area (TPSA) is 67.7 Å². The molecule has 0 fully saturated rings. The van der Waals surface area contributed by atoms with E-state index in [-0.39, 0.29) is 18.4 Å². The van der Waals surface area contributed by atoms with Gasteiger partial charge < -0.3 is 14.5 Å². The quantitative estimate of drug-likeness (QED) is 0.387. The first-order chi connectivity index (χ1) is 16.9. The van der Waals surface area contributed by atoms with Gasteiger partial charge >= 0.3 is 0 Å². The lowest BCUT2D eigenvalue weighted by atomic mass is 10.1. The highest BCUT2D eigenvalue weighted by atomic mass is 16.5. The first-order valence-corrected chi connectivity index (χ1v) is 11.3. The van der Waals surface area contributed by atoms with Crippen LogP contribution in [-0.4, -0.2) is 59.1 Å². The van der Waals surface area contributed by atoms with E-state index >= 15 is 0 Å². The maximum atomic E-state index is 13.4. The molecule has 4 rings (SSSR count). The van der Waals surface area contributed by atoms with Crippen LogP contribution in [0.25, 0.3) is 16.9 Å². The normalized spacial score (nSPS) is 10.6. The molecule has 0 aliphatic heterocycles. The molecule has 2 amide bonds. The smallest absolute Gasteiger partial charge is 0.259 e. The highest BCUT2D eigenvalue weighted by Crippen LogP contribution is 2.26. The Balaban J connectivity index is 1.60. The van der Waals surface area contributed by atoms with E-state index < -0.39 is 0 Å². The molecule has 178 valence electrons. The summed E-state index contributed by atoms with van der Waals surface area (Å²) in [7, 11) is 5.08. The van der Waals surface area contributed by atoms with Crippen LogP contribution >= 0.6 is 0 Å². The number of carbonyl (C=O) groups is 2. The van der Waals surface area contributed by atoms with Crippen molar-refractivity contribution >= 4 is 11.8 Å². The second-order valence-electron chi connectivity index (χ2n) is 8.38. The van der Waals surface area contributed by atoms with Crippen molar-refractivity contribution in [2.24, 2.45) is 0 Å². The Labute approximate surface area is 205 Å². The maximum absolute atomic E-state index is 13.4. The van der Waals surface area contributed by atoms with E-state index in [9.17, 15) is 9.59 Å². The van der Waals surface area contributed by atoms with E-state index in [1.165, 1.54) is 4.90 Å². The molecule has 0 atom stereocenters. The molecule has 0 aliphatic rings. The van der Waals surface area contributed by atoms with Crippen LogP contribution in [0.5, 0.6) is 5.75 Å². The largest absolute Gasteiger partial charge is 0.483 e. The fourth-order valence-electron chi connectivity index (χ4n) is 3.65. The summed E-state index contributed by atoms with van der Waals surface area (Å²) in [6.07, 6.45) is 1.96. The number of aromatic nitrogens is 2. The first kappa shape index (κ1) is 23.8. The second kappa shape index (κ2) is 10.7. The van der Waals surface area contributed by atoms with Crippen LogP contribution in [0, 0.1) is 0 Å². The van der Waals surface area contributed by atoms with E-state index in [1.807, 2.05) is 71.5 Å². The zero-order valence-corrected chi connectivity index (χ0v) is 20.1. The number of amides is 2. The summed E-state index contributed by atoms with van der Waals surface area (Å²) in [6.45, 7) is 0.212.